The van der Waals surface area contributed by atoms with E-state index in [1.807, 2.05) is 37.3 Å². The van der Waals surface area contributed by atoms with Crippen LogP contribution in [0, 0.1) is 10.1 Å². The van der Waals surface area contributed by atoms with Gasteiger partial charge in [-0.15, -0.1) is 0 Å². The van der Waals surface area contributed by atoms with Crippen LogP contribution in [0.2, 0.25) is 0 Å². The second kappa shape index (κ2) is 6.66. The second-order valence-corrected chi connectivity index (χ2v) is 5.48. The zero-order valence-electron chi connectivity index (χ0n) is 12.2. The Hall–Kier alpha value is -1.97. The molecule has 0 radical (unpaired) electrons. The standard InChI is InChI=1S/C17H20FNO2/c1-2-3-7-11-17(19(20)21)12-10-15(16(18)13-17)14-8-5-4-6-9-14/h4-6,8-10,12-13,15H,2-3,7,11H2,1H3. The molecule has 0 N–H and O–H groups in total. The zero-order chi connectivity index (χ0) is 15.3. The molecule has 0 amide bonds. The number of hydrogen-bond acceptors (Lipinski definition) is 2. The van der Waals surface area contributed by atoms with Gasteiger partial charge in [0, 0.05) is 17.4 Å². The van der Waals surface area contributed by atoms with E-state index in [9.17, 15) is 14.5 Å². The van der Waals surface area contributed by atoms with Crippen molar-refractivity contribution in [2.45, 2.75) is 44.1 Å². The molecule has 3 nitrogen and oxygen atoms in total. The zero-order valence-corrected chi connectivity index (χ0v) is 12.2. The van der Waals surface area contributed by atoms with E-state index < -0.39 is 17.3 Å². The van der Waals surface area contributed by atoms with Crippen LogP contribution in [-0.2, 0) is 0 Å². The number of nitrogens with zero attached hydrogens (tertiary/aromatic N) is 1. The fourth-order valence-electron chi connectivity index (χ4n) is 2.68. The molecular formula is C17H20FNO2. The lowest BCUT2D eigenvalue weighted by molar-refractivity contribution is -0.542. The van der Waals surface area contributed by atoms with Crippen LogP contribution in [0.15, 0.2) is 54.4 Å². The quantitative estimate of drug-likeness (QED) is 0.327. The monoisotopic (exact) mass is 289 g/mol. The Kier molecular flexibility index (Phi) is 4.89. The van der Waals surface area contributed by atoms with Gasteiger partial charge >= 0.3 is 0 Å². The average molecular weight is 289 g/mol. The first-order valence-corrected chi connectivity index (χ1v) is 7.36. The van der Waals surface area contributed by atoms with E-state index in [0.717, 1.165) is 24.8 Å². The molecule has 0 heterocycles. The minimum absolute atomic E-state index is 0.346. The summed E-state index contributed by atoms with van der Waals surface area (Å²) >= 11 is 0. The van der Waals surface area contributed by atoms with Crippen molar-refractivity contribution in [1.29, 1.82) is 0 Å². The fraction of sp³-hybridized carbons (Fsp3) is 0.412. The van der Waals surface area contributed by atoms with Crippen LogP contribution in [-0.4, -0.2) is 10.5 Å². The number of hydrogen-bond donors (Lipinski definition) is 0. The maximum atomic E-state index is 14.4. The van der Waals surface area contributed by atoms with Gasteiger partial charge in [0.15, 0.2) is 0 Å². The molecule has 1 aromatic rings. The van der Waals surface area contributed by atoms with Gasteiger partial charge in [-0.3, -0.25) is 10.1 Å². The first-order chi connectivity index (χ1) is 10.1. The van der Waals surface area contributed by atoms with Crippen molar-refractivity contribution < 1.29 is 9.31 Å². The molecule has 1 aliphatic rings. The third-order valence-electron chi connectivity index (χ3n) is 3.94. The van der Waals surface area contributed by atoms with Crippen molar-refractivity contribution in [2.24, 2.45) is 0 Å². The highest BCUT2D eigenvalue weighted by molar-refractivity contribution is 5.37. The lowest BCUT2D eigenvalue weighted by Gasteiger charge is -2.25. The number of nitro groups is 1. The molecular weight excluding hydrogens is 269 g/mol. The highest BCUT2D eigenvalue weighted by Crippen LogP contribution is 2.37. The second-order valence-electron chi connectivity index (χ2n) is 5.48. The minimum atomic E-state index is -1.38. The summed E-state index contributed by atoms with van der Waals surface area (Å²) in [5.74, 6) is -0.942. The van der Waals surface area contributed by atoms with E-state index in [1.165, 1.54) is 6.08 Å². The maximum Gasteiger partial charge on any atom is 0.261 e. The first-order valence-electron chi connectivity index (χ1n) is 7.36. The highest BCUT2D eigenvalue weighted by atomic mass is 19.1. The number of halogens is 1. The SMILES string of the molecule is CCCCCC1([N+](=O)[O-])C=CC(c2ccccc2)C(F)=C1. The van der Waals surface area contributed by atoms with Crippen molar-refractivity contribution >= 4 is 0 Å². The molecule has 21 heavy (non-hydrogen) atoms. The Morgan fingerprint density at radius 1 is 1.29 bits per heavy atom. The summed E-state index contributed by atoms with van der Waals surface area (Å²) in [5.41, 5.74) is -0.571. The molecule has 2 atom stereocenters. The predicted octanol–water partition coefficient (Wildman–Crippen LogP) is 4.79. The van der Waals surface area contributed by atoms with Gasteiger partial charge < -0.3 is 0 Å². The van der Waals surface area contributed by atoms with Crippen LogP contribution in [0.4, 0.5) is 4.39 Å². The number of allylic oxidation sites excluding steroid dienone is 2. The number of rotatable bonds is 6. The van der Waals surface area contributed by atoms with E-state index in [0.29, 0.717) is 6.42 Å². The molecule has 0 saturated carbocycles. The molecule has 1 aliphatic carbocycles. The van der Waals surface area contributed by atoms with E-state index in [-0.39, 0.29) is 4.92 Å². The molecule has 2 rings (SSSR count). The van der Waals surface area contributed by atoms with Gasteiger partial charge in [0.1, 0.15) is 5.83 Å². The lowest BCUT2D eigenvalue weighted by atomic mass is 9.83. The van der Waals surface area contributed by atoms with Crippen LogP contribution in [0.5, 0.6) is 0 Å². The van der Waals surface area contributed by atoms with Gasteiger partial charge in [-0.2, -0.15) is 0 Å². The summed E-state index contributed by atoms with van der Waals surface area (Å²) in [6.07, 6.45) is 7.35. The Balaban J connectivity index is 2.23. The summed E-state index contributed by atoms with van der Waals surface area (Å²) < 4.78 is 14.4. The van der Waals surface area contributed by atoms with Crippen molar-refractivity contribution in [3.05, 3.63) is 70.1 Å². The van der Waals surface area contributed by atoms with Crippen LogP contribution in [0.3, 0.4) is 0 Å². The van der Waals surface area contributed by atoms with E-state index >= 15 is 0 Å². The number of unbranched alkanes of at least 4 members (excludes halogenated alkanes) is 2. The van der Waals surface area contributed by atoms with Crippen LogP contribution in [0.1, 0.15) is 44.1 Å². The molecule has 0 spiro atoms. The molecule has 0 bridgehead atoms. The minimum Gasteiger partial charge on any atom is -0.263 e. The largest absolute Gasteiger partial charge is 0.263 e. The third kappa shape index (κ3) is 3.38. The molecule has 2 unspecified atom stereocenters. The normalized spacial score (nSPS) is 24.7. The van der Waals surface area contributed by atoms with E-state index in [2.05, 4.69) is 0 Å². The van der Waals surface area contributed by atoms with Crippen molar-refractivity contribution in [1.82, 2.24) is 0 Å². The summed E-state index contributed by atoms with van der Waals surface area (Å²) in [6.45, 7) is 2.04. The molecule has 112 valence electrons. The van der Waals surface area contributed by atoms with Gasteiger partial charge in [0.05, 0.1) is 5.92 Å². The summed E-state index contributed by atoms with van der Waals surface area (Å²) in [4.78, 5) is 11.0. The van der Waals surface area contributed by atoms with Gasteiger partial charge in [-0.05, 0) is 18.1 Å². The Labute approximate surface area is 124 Å². The summed E-state index contributed by atoms with van der Waals surface area (Å²) in [7, 11) is 0. The van der Waals surface area contributed by atoms with Crippen molar-refractivity contribution in [2.75, 3.05) is 0 Å². The van der Waals surface area contributed by atoms with Gasteiger partial charge in [0.25, 0.3) is 5.54 Å². The molecule has 4 heteroatoms. The Morgan fingerprint density at radius 2 is 2.00 bits per heavy atom. The van der Waals surface area contributed by atoms with E-state index in [1.54, 1.807) is 12.2 Å². The smallest absolute Gasteiger partial charge is 0.261 e. The topological polar surface area (TPSA) is 43.1 Å². The van der Waals surface area contributed by atoms with Crippen LogP contribution < -0.4 is 0 Å². The van der Waals surface area contributed by atoms with Gasteiger partial charge in [0.2, 0.25) is 0 Å². The molecule has 0 aliphatic heterocycles. The van der Waals surface area contributed by atoms with Crippen molar-refractivity contribution in [3.63, 3.8) is 0 Å². The lowest BCUT2D eigenvalue weighted by Crippen LogP contribution is -2.36. The van der Waals surface area contributed by atoms with Gasteiger partial charge in [-0.1, -0.05) is 56.2 Å². The summed E-state index contributed by atoms with van der Waals surface area (Å²) in [6, 6.07) is 9.21. The van der Waals surface area contributed by atoms with Crippen LogP contribution in [0.25, 0.3) is 0 Å². The number of benzene rings is 1. The third-order valence-corrected chi connectivity index (χ3v) is 3.94. The molecule has 0 saturated heterocycles. The Morgan fingerprint density at radius 3 is 2.57 bits per heavy atom. The highest BCUT2D eigenvalue weighted by Gasteiger charge is 2.41. The Bertz CT molecular complexity index is 553. The first kappa shape index (κ1) is 15.4. The molecule has 0 aromatic heterocycles. The van der Waals surface area contributed by atoms with Gasteiger partial charge in [-0.25, -0.2) is 4.39 Å². The summed E-state index contributed by atoms with van der Waals surface area (Å²) in [5, 5.41) is 11.4. The van der Waals surface area contributed by atoms with Crippen molar-refractivity contribution in [3.8, 4) is 0 Å². The molecule has 0 fully saturated rings. The average Bonchev–Trinajstić information content (AvgIpc) is 2.48. The fourth-order valence-corrected chi connectivity index (χ4v) is 2.68. The van der Waals surface area contributed by atoms with Crippen LogP contribution >= 0.6 is 0 Å². The maximum absolute atomic E-state index is 14.4. The van der Waals surface area contributed by atoms with E-state index in [4.69, 9.17) is 0 Å². The molecule has 1 aromatic carbocycles. The predicted molar refractivity (Wildman–Crippen MR) is 81.4 cm³/mol.